The van der Waals surface area contributed by atoms with Gasteiger partial charge in [-0.2, -0.15) is 11.3 Å². The molecule has 116 valence electrons. The molecule has 2 aromatic heterocycles. The first-order valence-corrected chi connectivity index (χ1v) is 8.35. The second-order valence-corrected chi connectivity index (χ2v) is 6.20. The van der Waals surface area contributed by atoms with Gasteiger partial charge in [-0.1, -0.05) is 6.07 Å². The van der Waals surface area contributed by atoms with Gasteiger partial charge < -0.3 is 15.3 Å². The summed E-state index contributed by atoms with van der Waals surface area (Å²) in [4.78, 5) is 18.6. The van der Waals surface area contributed by atoms with E-state index in [1.807, 2.05) is 29.0 Å². The molecular weight excluding hydrogens is 298 g/mol. The van der Waals surface area contributed by atoms with Gasteiger partial charge in [0, 0.05) is 42.3 Å². The molecule has 1 atom stereocenters. The number of hydrogen-bond acceptors (Lipinski definition) is 5. The molecule has 0 bridgehead atoms. The number of aliphatic hydroxyl groups is 1. The molecule has 2 aromatic rings. The number of nitrogens with zero attached hydrogens (tertiary/aromatic N) is 2. The Kier molecular flexibility index (Phi) is 4.70. The van der Waals surface area contributed by atoms with Crippen molar-refractivity contribution in [3.63, 3.8) is 0 Å². The molecule has 6 heteroatoms. The average Bonchev–Trinajstić information content (AvgIpc) is 3.07. The van der Waals surface area contributed by atoms with Crippen LogP contribution in [0.2, 0.25) is 0 Å². The van der Waals surface area contributed by atoms with Crippen LogP contribution in [0.25, 0.3) is 0 Å². The van der Waals surface area contributed by atoms with Gasteiger partial charge in [-0.25, -0.2) is 4.98 Å². The monoisotopic (exact) mass is 317 g/mol. The molecule has 3 rings (SSSR count). The number of carbonyl (C=O) groups excluding carboxylic acids is 1. The fraction of sp³-hybridized carbons (Fsp3) is 0.375. The Labute approximate surface area is 133 Å². The van der Waals surface area contributed by atoms with Crippen molar-refractivity contribution in [2.24, 2.45) is 0 Å². The lowest BCUT2D eigenvalue weighted by molar-refractivity contribution is 0.0951. The van der Waals surface area contributed by atoms with Crippen molar-refractivity contribution in [3.05, 3.63) is 46.3 Å². The molecule has 0 aliphatic carbocycles. The minimum absolute atomic E-state index is 0.0743. The Balaban J connectivity index is 1.70. The van der Waals surface area contributed by atoms with Gasteiger partial charge in [-0.15, -0.1) is 0 Å². The van der Waals surface area contributed by atoms with Crippen LogP contribution < -0.4 is 10.2 Å². The molecule has 1 aliphatic heterocycles. The van der Waals surface area contributed by atoms with Crippen LogP contribution in [0.3, 0.4) is 0 Å². The zero-order valence-electron chi connectivity index (χ0n) is 12.2. The van der Waals surface area contributed by atoms with Gasteiger partial charge in [0.25, 0.3) is 5.91 Å². The molecule has 2 N–H and O–H groups in total. The summed E-state index contributed by atoms with van der Waals surface area (Å²) >= 11 is 1.51. The van der Waals surface area contributed by atoms with Crippen molar-refractivity contribution < 1.29 is 9.90 Å². The van der Waals surface area contributed by atoms with Gasteiger partial charge in [-0.05, 0) is 30.4 Å². The third kappa shape index (κ3) is 3.45. The molecule has 0 saturated carbocycles. The van der Waals surface area contributed by atoms with Crippen molar-refractivity contribution >= 4 is 23.1 Å². The lowest BCUT2D eigenvalue weighted by Crippen LogP contribution is -2.39. The molecule has 1 amide bonds. The number of rotatable bonds is 4. The minimum Gasteiger partial charge on any atom is -0.391 e. The first-order valence-electron chi connectivity index (χ1n) is 7.41. The van der Waals surface area contributed by atoms with Crippen LogP contribution in [0.1, 0.15) is 28.8 Å². The summed E-state index contributed by atoms with van der Waals surface area (Å²) in [6.07, 6.45) is 3.25. The van der Waals surface area contributed by atoms with E-state index in [0.717, 1.165) is 30.8 Å². The Morgan fingerprint density at radius 3 is 3.18 bits per heavy atom. The van der Waals surface area contributed by atoms with Crippen molar-refractivity contribution in [1.82, 2.24) is 10.3 Å². The number of aromatic nitrogens is 1. The van der Waals surface area contributed by atoms with Crippen molar-refractivity contribution in [1.29, 1.82) is 0 Å². The number of amides is 1. The lowest BCUT2D eigenvalue weighted by atomic mass is 10.1. The SMILES string of the molecule is O=C(NCc1cccnc1N1CCC[C@@H](O)C1)c1ccsc1. The molecular formula is C16H19N3O2S. The normalized spacial score (nSPS) is 18.2. The zero-order chi connectivity index (χ0) is 15.4. The topological polar surface area (TPSA) is 65.5 Å². The average molecular weight is 317 g/mol. The quantitative estimate of drug-likeness (QED) is 0.905. The Hall–Kier alpha value is -1.92. The molecule has 3 heterocycles. The summed E-state index contributed by atoms with van der Waals surface area (Å²) in [5.41, 5.74) is 1.66. The summed E-state index contributed by atoms with van der Waals surface area (Å²) in [5, 5.41) is 16.5. The highest BCUT2D eigenvalue weighted by Crippen LogP contribution is 2.21. The fourth-order valence-corrected chi connectivity index (χ4v) is 3.31. The third-order valence-corrected chi connectivity index (χ3v) is 4.47. The first kappa shape index (κ1) is 15.0. The van der Waals surface area contributed by atoms with E-state index in [2.05, 4.69) is 15.2 Å². The van der Waals surface area contributed by atoms with Gasteiger partial charge in [-0.3, -0.25) is 4.79 Å². The number of thiophene rings is 1. The predicted octanol–water partition coefficient (Wildman–Crippen LogP) is 2.03. The second kappa shape index (κ2) is 6.89. The molecule has 1 fully saturated rings. The van der Waals surface area contributed by atoms with E-state index in [4.69, 9.17) is 0 Å². The summed E-state index contributed by atoms with van der Waals surface area (Å²) in [6, 6.07) is 5.65. The van der Waals surface area contributed by atoms with Crippen LogP contribution in [-0.4, -0.2) is 35.2 Å². The van der Waals surface area contributed by atoms with Gasteiger partial charge >= 0.3 is 0 Å². The zero-order valence-corrected chi connectivity index (χ0v) is 13.1. The van der Waals surface area contributed by atoms with E-state index >= 15 is 0 Å². The van der Waals surface area contributed by atoms with Gasteiger partial charge in [0.05, 0.1) is 6.10 Å². The van der Waals surface area contributed by atoms with Gasteiger partial charge in [0.2, 0.25) is 0 Å². The number of nitrogens with one attached hydrogen (secondary N) is 1. The van der Waals surface area contributed by atoms with E-state index in [-0.39, 0.29) is 12.0 Å². The molecule has 1 saturated heterocycles. The number of β-amino-alcohol motifs (C(OH)–C–C–N with tert-alkyl or cyclic N) is 1. The van der Waals surface area contributed by atoms with E-state index in [0.29, 0.717) is 18.7 Å². The smallest absolute Gasteiger partial charge is 0.252 e. The van der Waals surface area contributed by atoms with E-state index in [9.17, 15) is 9.90 Å². The molecule has 0 spiro atoms. The van der Waals surface area contributed by atoms with E-state index < -0.39 is 0 Å². The highest BCUT2D eigenvalue weighted by Gasteiger charge is 2.21. The number of pyridine rings is 1. The van der Waals surface area contributed by atoms with Crippen LogP contribution in [-0.2, 0) is 6.54 Å². The maximum Gasteiger partial charge on any atom is 0.252 e. The maximum atomic E-state index is 12.0. The molecule has 0 aromatic carbocycles. The second-order valence-electron chi connectivity index (χ2n) is 5.42. The molecule has 0 unspecified atom stereocenters. The fourth-order valence-electron chi connectivity index (χ4n) is 2.67. The summed E-state index contributed by atoms with van der Waals surface area (Å²) in [7, 11) is 0. The number of aliphatic hydroxyl groups excluding tert-OH is 1. The highest BCUT2D eigenvalue weighted by atomic mass is 32.1. The molecule has 1 aliphatic rings. The van der Waals surface area contributed by atoms with Crippen LogP contribution in [0.15, 0.2) is 35.2 Å². The predicted molar refractivity (Wildman–Crippen MR) is 87.2 cm³/mol. The number of carbonyl (C=O) groups is 1. The first-order chi connectivity index (χ1) is 10.7. The van der Waals surface area contributed by atoms with Crippen molar-refractivity contribution in [2.75, 3.05) is 18.0 Å². The number of piperidine rings is 1. The Morgan fingerprint density at radius 2 is 2.41 bits per heavy atom. The summed E-state index contributed by atoms with van der Waals surface area (Å²) in [5.74, 6) is 0.779. The van der Waals surface area contributed by atoms with Crippen LogP contribution in [0, 0.1) is 0 Å². The van der Waals surface area contributed by atoms with Crippen LogP contribution in [0.5, 0.6) is 0 Å². The summed E-state index contributed by atoms with van der Waals surface area (Å²) in [6.45, 7) is 1.92. The Morgan fingerprint density at radius 1 is 1.50 bits per heavy atom. The van der Waals surface area contributed by atoms with Gasteiger partial charge in [0.15, 0.2) is 0 Å². The minimum atomic E-state index is -0.302. The van der Waals surface area contributed by atoms with Crippen molar-refractivity contribution in [2.45, 2.75) is 25.5 Å². The highest BCUT2D eigenvalue weighted by molar-refractivity contribution is 7.08. The van der Waals surface area contributed by atoms with E-state index in [1.165, 1.54) is 11.3 Å². The third-order valence-electron chi connectivity index (χ3n) is 3.79. The maximum absolute atomic E-state index is 12.0. The molecule has 0 radical (unpaired) electrons. The number of anilines is 1. The van der Waals surface area contributed by atoms with Crippen LogP contribution in [0.4, 0.5) is 5.82 Å². The van der Waals surface area contributed by atoms with Crippen LogP contribution >= 0.6 is 11.3 Å². The lowest BCUT2D eigenvalue weighted by Gasteiger charge is -2.32. The van der Waals surface area contributed by atoms with Crippen molar-refractivity contribution in [3.8, 4) is 0 Å². The molecule has 22 heavy (non-hydrogen) atoms. The standard InChI is InChI=1S/C16H19N3O2S/c20-14-4-2-7-19(10-14)15-12(3-1-6-17-15)9-18-16(21)13-5-8-22-11-13/h1,3,5-6,8,11,14,20H,2,4,7,9-10H2,(H,18,21)/t14-/m1/s1. The van der Waals surface area contributed by atoms with E-state index in [1.54, 1.807) is 6.20 Å². The Bertz CT molecular complexity index is 630. The van der Waals surface area contributed by atoms with Gasteiger partial charge in [0.1, 0.15) is 5.82 Å². The molecule has 5 nitrogen and oxygen atoms in total. The largest absolute Gasteiger partial charge is 0.391 e. The number of hydrogen-bond donors (Lipinski definition) is 2. The summed E-state index contributed by atoms with van der Waals surface area (Å²) < 4.78 is 0.